The lowest BCUT2D eigenvalue weighted by atomic mass is 10.1. The van der Waals surface area contributed by atoms with Gasteiger partial charge in [0.05, 0.1) is 18.0 Å². The quantitative estimate of drug-likeness (QED) is 0.289. The maximum atomic E-state index is 13.2. The first kappa shape index (κ1) is 23.8. The zero-order valence-corrected chi connectivity index (χ0v) is 19.7. The van der Waals surface area contributed by atoms with Crippen LogP contribution in [0.3, 0.4) is 0 Å². The van der Waals surface area contributed by atoms with Crippen LogP contribution in [0.25, 0.3) is 5.69 Å². The molecule has 8 heteroatoms. The molecule has 160 valence electrons. The summed E-state index contributed by atoms with van der Waals surface area (Å²) in [6.45, 7) is 1.17. The lowest BCUT2D eigenvalue weighted by Crippen LogP contribution is -2.40. The number of rotatable bonds is 7. The molecular weight excluding hydrogens is 496 g/mol. The van der Waals surface area contributed by atoms with Crippen molar-refractivity contribution in [3.63, 3.8) is 0 Å². The second-order valence-electron chi connectivity index (χ2n) is 6.69. The molecule has 0 bridgehead atoms. The number of nitrogens with zero attached hydrogens (tertiary/aromatic N) is 4. The lowest BCUT2D eigenvalue weighted by Gasteiger charge is -2.24. The van der Waals surface area contributed by atoms with Gasteiger partial charge in [0.15, 0.2) is 5.96 Å². The van der Waals surface area contributed by atoms with Crippen LogP contribution in [0.2, 0.25) is 0 Å². The van der Waals surface area contributed by atoms with E-state index in [1.165, 1.54) is 12.1 Å². The molecule has 6 nitrogen and oxygen atoms in total. The molecule has 30 heavy (non-hydrogen) atoms. The van der Waals surface area contributed by atoms with Crippen molar-refractivity contribution >= 4 is 29.9 Å². The Bertz CT molecular complexity index is 930. The van der Waals surface area contributed by atoms with Crippen molar-refractivity contribution in [2.45, 2.75) is 12.6 Å². The monoisotopic (exact) mass is 523 g/mol. The van der Waals surface area contributed by atoms with E-state index < -0.39 is 0 Å². The summed E-state index contributed by atoms with van der Waals surface area (Å²) >= 11 is 0. The van der Waals surface area contributed by atoms with Crippen LogP contribution in [0.4, 0.5) is 4.39 Å². The second kappa shape index (κ2) is 11.7. The fourth-order valence-corrected chi connectivity index (χ4v) is 3.10. The number of ether oxygens (including phenoxy) is 1. The average molecular weight is 523 g/mol. The van der Waals surface area contributed by atoms with Crippen molar-refractivity contribution in [2.75, 3.05) is 27.7 Å². The van der Waals surface area contributed by atoms with Gasteiger partial charge in [-0.2, -0.15) is 5.10 Å². The highest BCUT2D eigenvalue weighted by atomic mass is 127. The first-order chi connectivity index (χ1) is 14.1. The molecule has 3 rings (SSSR count). The summed E-state index contributed by atoms with van der Waals surface area (Å²) in [6, 6.07) is 16.3. The van der Waals surface area contributed by atoms with E-state index in [1.807, 2.05) is 59.4 Å². The molecule has 0 radical (unpaired) electrons. The van der Waals surface area contributed by atoms with Crippen LogP contribution >= 0.6 is 24.0 Å². The Morgan fingerprint density at radius 2 is 1.90 bits per heavy atom. The molecular formula is C22H27FIN5O. The molecule has 0 aliphatic heterocycles. The maximum Gasteiger partial charge on any atom is 0.193 e. The minimum atomic E-state index is -0.261. The number of benzene rings is 2. The Kier molecular flexibility index (Phi) is 9.25. The number of aliphatic imine (C=N–C) groups is 1. The number of halogens is 2. The molecule has 0 saturated carbocycles. The van der Waals surface area contributed by atoms with Gasteiger partial charge in [0.25, 0.3) is 0 Å². The van der Waals surface area contributed by atoms with Crippen LogP contribution in [0, 0.1) is 5.82 Å². The van der Waals surface area contributed by atoms with E-state index >= 15 is 0 Å². The zero-order chi connectivity index (χ0) is 20.6. The number of nitrogens with one attached hydrogen (secondary N) is 1. The van der Waals surface area contributed by atoms with Gasteiger partial charge in [0.2, 0.25) is 0 Å². The maximum absolute atomic E-state index is 13.2. The fraction of sp³-hybridized carbons (Fsp3) is 0.273. The van der Waals surface area contributed by atoms with Crippen molar-refractivity contribution in [2.24, 2.45) is 4.99 Å². The Balaban J connectivity index is 0.00000320. The van der Waals surface area contributed by atoms with E-state index in [9.17, 15) is 4.39 Å². The Hall–Kier alpha value is -2.46. The molecule has 3 aromatic rings. The summed E-state index contributed by atoms with van der Waals surface area (Å²) in [5.74, 6) is 0.477. The molecule has 0 fully saturated rings. The van der Waals surface area contributed by atoms with Gasteiger partial charge < -0.3 is 15.0 Å². The molecule has 1 atom stereocenters. The lowest BCUT2D eigenvalue weighted by molar-refractivity contribution is 0.106. The molecule has 2 aromatic carbocycles. The van der Waals surface area contributed by atoms with E-state index in [2.05, 4.69) is 15.4 Å². The topological polar surface area (TPSA) is 54.7 Å². The van der Waals surface area contributed by atoms with Gasteiger partial charge in [-0.25, -0.2) is 9.07 Å². The Morgan fingerprint density at radius 3 is 2.53 bits per heavy atom. The van der Waals surface area contributed by atoms with Crippen molar-refractivity contribution in [1.29, 1.82) is 0 Å². The minimum Gasteiger partial charge on any atom is -0.375 e. The van der Waals surface area contributed by atoms with E-state index in [0.29, 0.717) is 13.1 Å². The SMILES string of the molecule is CN=C(NCC(OC)c1ccc(F)cc1)N(C)Cc1cnn(-c2ccccc2)c1.I. The molecule has 1 aromatic heterocycles. The van der Waals surface area contributed by atoms with Crippen molar-refractivity contribution in [1.82, 2.24) is 20.0 Å². The Morgan fingerprint density at radius 1 is 1.20 bits per heavy atom. The van der Waals surface area contributed by atoms with Gasteiger partial charge >= 0.3 is 0 Å². The molecule has 0 saturated heterocycles. The summed E-state index contributed by atoms with van der Waals surface area (Å²) in [4.78, 5) is 6.37. The standard InChI is InChI=1S/C22H26FN5O.HI/c1-24-22(25-14-21(29-3)18-9-11-19(23)12-10-18)27(2)15-17-13-26-28(16-17)20-7-5-4-6-8-20;/h4-13,16,21H,14-15H2,1-3H3,(H,24,25);1H. The van der Waals surface area contributed by atoms with Crippen LogP contribution in [0.15, 0.2) is 72.0 Å². The van der Waals surface area contributed by atoms with Gasteiger partial charge in [-0.15, -0.1) is 24.0 Å². The van der Waals surface area contributed by atoms with Gasteiger partial charge in [-0.05, 0) is 29.8 Å². The first-order valence-corrected chi connectivity index (χ1v) is 9.39. The van der Waals surface area contributed by atoms with Crippen LogP contribution in [-0.4, -0.2) is 48.4 Å². The third kappa shape index (κ3) is 6.27. The van der Waals surface area contributed by atoms with E-state index in [1.54, 1.807) is 26.3 Å². The third-order valence-corrected chi connectivity index (χ3v) is 4.62. The molecule has 1 unspecified atom stereocenters. The third-order valence-electron chi connectivity index (χ3n) is 4.62. The molecule has 0 amide bonds. The molecule has 0 aliphatic carbocycles. The summed E-state index contributed by atoms with van der Waals surface area (Å²) < 4.78 is 20.6. The largest absolute Gasteiger partial charge is 0.375 e. The van der Waals surface area contributed by atoms with Crippen molar-refractivity contribution in [3.05, 3.63) is 83.9 Å². The number of para-hydroxylation sites is 1. The number of hydrogen-bond acceptors (Lipinski definition) is 3. The fourth-order valence-electron chi connectivity index (χ4n) is 3.10. The smallest absolute Gasteiger partial charge is 0.193 e. The number of methoxy groups -OCH3 is 1. The van der Waals surface area contributed by atoms with Crippen molar-refractivity contribution < 1.29 is 9.13 Å². The first-order valence-electron chi connectivity index (χ1n) is 9.39. The predicted octanol–water partition coefficient (Wildman–Crippen LogP) is 4.02. The van der Waals surface area contributed by atoms with Crippen LogP contribution in [0.5, 0.6) is 0 Å². The predicted molar refractivity (Wildman–Crippen MR) is 128 cm³/mol. The van der Waals surface area contributed by atoms with Gasteiger partial charge in [0, 0.05) is 46.1 Å². The molecule has 1 heterocycles. The second-order valence-corrected chi connectivity index (χ2v) is 6.69. The summed E-state index contributed by atoms with van der Waals surface area (Å²) in [5.41, 5.74) is 3.00. The zero-order valence-electron chi connectivity index (χ0n) is 17.3. The normalized spacial score (nSPS) is 12.2. The van der Waals surface area contributed by atoms with E-state index in [4.69, 9.17) is 4.74 Å². The highest BCUT2D eigenvalue weighted by Crippen LogP contribution is 2.16. The van der Waals surface area contributed by atoms with Crippen LogP contribution in [-0.2, 0) is 11.3 Å². The minimum absolute atomic E-state index is 0. The van der Waals surface area contributed by atoms with Gasteiger partial charge in [-0.3, -0.25) is 4.99 Å². The summed E-state index contributed by atoms with van der Waals surface area (Å²) in [5, 5.41) is 7.76. The Labute approximate surface area is 193 Å². The van der Waals surface area contributed by atoms with Crippen LogP contribution < -0.4 is 5.32 Å². The number of guanidine groups is 1. The van der Waals surface area contributed by atoms with Gasteiger partial charge in [0.1, 0.15) is 5.82 Å². The molecule has 1 N–H and O–H groups in total. The van der Waals surface area contributed by atoms with Crippen molar-refractivity contribution in [3.8, 4) is 5.69 Å². The summed E-state index contributed by atoms with van der Waals surface area (Å²) in [6.07, 6.45) is 3.66. The highest BCUT2D eigenvalue weighted by molar-refractivity contribution is 14.0. The van der Waals surface area contributed by atoms with E-state index in [-0.39, 0.29) is 35.9 Å². The van der Waals surface area contributed by atoms with Gasteiger partial charge in [-0.1, -0.05) is 30.3 Å². The number of aromatic nitrogens is 2. The molecule has 0 spiro atoms. The molecule has 0 aliphatic rings. The summed E-state index contributed by atoms with van der Waals surface area (Å²) in [7, 11) is 5.35. The van der Waals surface area contributed by atoms with Crippen LogP contribution in [0.1, 0.15) is 17.2 Å². The number of hydrogen-bond donors (Lipinski definition) is 1. The average Bonchev–Trinajstić information content (AvgIpc) is 3.21. The highest BCUT2D eigenvalue weighted by Gasteiger charge is 2.14. The van der Waals surface area contributed by atoms with E-state index in [0.717, 1.165) is 22.8 Å².